The third-order valence-electron chi connectivity index (χ3n) is 1.49. The van der Waals surface area contributed by atoms with Crippen molar-refractivity contribution in [2.75, 3.05) is 0 Å². The molecule has 0 radical (unpaired) electrons. The van der Waals surface area contributed by atoms with E-state index < -0.39 is 0 Å². The lowest BCUT2D eigenvalue weighted by molar-refractivity contribution is 0.630. The molecule has 1 aromatic heterocycles. The van der Waals surface area contributed by atoms with E-state index in [1.807, 2.05) is 11.4 Å². The summed E-state index contributed by atoms with van der Waals surface area (Å²) in [4.78, 5) is 0. The number of thiophene rings is 1. The molecule has 0 bridgehead atoms. The first-order valence-electron chi connectivity index (χ1n) is 3.09. The molecule has 0 unspecified atom stereocenters. The Morgan fingerprint density at radius 2 is 2.18 bits per heavy atom. The van der Waals surface area contributed by atoms with Gasteiger partial charge in [-0.3, -0.25) is 0 Å². The van der Waals surface area contributed by atoms with Crippen molar-refractivity contribution >= 4 is 44.0 Å². The summed E-state index contributed by atoms with van der Waals surface area (Å²) in [6, 6.07) is 4.89. The first-order valence-corrected chi connectivity index (χ1v) is 5.05. The predicted molar refractivity (Wildman–Crippen MR) is 54.5 cm³/mol. The zero-order valence-corrected chi connectivity index (χ0v) is 8.45. The molecule has 11 heavy (non-hydrogen) atoms. The Labute approximate surface area is 81.2 Å². The Hall–Kier alpha value is -0.160. The number of benzene rings is 1. The van der Waals surface area contributed by atoms with Gasteiger partial charge in [0.25, 0.3) is 0 Å². The molecular formula is C8H4FIS. The van der Waals surface area contributed by atoms with Crippen LogP contribution in [0, 0.1) is 9.39 Å². The minimum absolute atomic E-state index is 0.157. The molecule has 0 nitrogen and oxygen atoms in total. The van der Waals surface area contributed by atoms with Gasteiger partial charge in [0.2, 0.25) is 0 Å². The average molecular weight is 278 g/mol. The highest BCUT2D eigenvalue weighted by molar-refractivity contribution is 14.1. The van der Waals surface area contributed by atoms with Gasteiger partial charge in [-0.1, -0.05) is 0 Å². The minimum Gasteiger partial charge on any atom is -0.207 e. The standard InChI is InChI=1S/C8H4FIS/c9-5-1-2-6-7(10)4-11-8(6)3-5/h1-4H. The summed E-state index contributed by atoms with van der Waals surface area (Å²) in [5.74, 6) is -0.157. The minimum atomic E-state index is -0.157. The fourth-order valence-electron chi connectivity index (χ4n) is 0.970. The largest absolute Gasteiger partial charge is 0.207 e. The topological polar surface area (TPSA) is 0 Å². The van der Waals surface area contributed by atoms with Gasteiger partial charge in [0.15, 0.2) is 0 Å². The van der Waals surface area contributed by atoms with E-state index in [0.717, 1.165) is 10.1 Å². The molecule has 0 amide bonds. The van der Waals surface area contributed by atoms with Gasteiger partial charge < -0.3 is 0 Å². The number of hydrogen-bond donors (Lipinski definition) is 0. The van der Waals surface area contributed by atoms with Crippen molar-refractivity contribution in [2.45, 2.75) is 0 Å². The van der Waals surface area contributed by atoms with Crippen LogP contribution in [0.4, 0.5) is 4.39 Å². The smallest absolute Gasteiger partial charge is 0.124 e. The Bertz CT molecular complexity index is 394. The molecule has 2 rings (SSSR count). The van der Waals surface area contributed by atoms with Crippen LogP contribution in [0.2, 0.25) is 0 Å². The Morgan fingerprint density at radius 3 is 3.00 bits per heavy atom. The Kier molecular flexibility index (Phi) is 1.85. The van der Waals surface area contributed by atoms with E-state index in [1.54, 1.807) is 17.4 Å². The molecule has 1 aromatic carbocycles. The summed E-state index contributed by atoms with van der Waals surface area (Å²) < 4.78 is 14.9. The van der Waals surface area contributed by atoms with Crippen LogP contribution in [-0.4, -0.2) is 0 Å². The summed E-state index contributed by atoms with van der Waals surface area (Å²) in [5, 5.41) is 3.18. The van der Waals surface area contributed by atoms with Crippen LogP contribution in [0.1, 0.15) is 0 Å². The first-order chi connectivity index (χ1) is 5.27. The molecule has 0 atom stereocenters. The second-order valence-electron chi connectivity index (χ2n) is 2.22. The fraction of sp³-hybridized carbons (Fsp3) is 0. The molecule has 0 spiro atoms. The van der Waals surface area contributed by atoms with Crippen molar-refractivity contribution in [3.8, 4) is 0 Å². The van der Waals surface area contributed by atoms with Crippen molar-refractivity contribution in [1.82, 2.24) is 0 Å². The molecule has 1 heterocycles. The second kappa shape index (κ2) is 2.71. The van der Waals surface area contributed by atoms with E-state index in [1.165, 1.54) is 9.64 Å². The third kappa shape index (κ3) is 1.27. The second-order valence-corrected chi connectivity index (χ2v) is 4.30. The summed E-state index contributed by atoms with van der Waals surface area (Å²) in [6.07, 6.45) is 0. The number of halogens is 2. The zero-order valence-electron chi connectivity index (χ0n) is 5.47. The molecule has 3 heteroatoms. The van der Waals surface area contributed by atoms with Crippen molar-refractivity contribution in [3.63, 3.8) is 0 Å². The van der Waals surface area contributed by atoms with Gasteiger partial charge in [0.1, 0.15) is 5.82 Å². The van der Waals surface area contributed by atoms with E-state index in [0.29, 0.717) is 0 Å². The maximum absolute atomic E-state index is 12.7. The molecule has 0 fully saturated rings. The van der Waals surface area contributed by atoms with Crippen molar-refractivity contribution in [3.05, 3.63) is 33.0 Å². The van der Waals surface area contributed by atoms with Crippen LogP contribution in [0.5, 0.6) is 0 Å². The number of fused-ring (bicyclic) bond motifs is 1. The van der Waals surface area contributed by atoms with Crippen LogP contribution in [0.25, 0.3) is 10.1 Å². The highest BCUT2D eigenvalue weighted by Crippen LogP contribution is 2.27. The molecule has 2 aromatic rings. The summed E-state index contributed by atoms with van der Waals surface area (Å²) in [6.45, 7) is 0. The lowest BCUT2D eigenvalue weighted by Crippen LogP contribution is -1.70. The van der Waals surface area contributed by atoms with E-state index in [9.17, 15) is 4.39 Å². The molecule has 0 saturated heterocycles. The SMILES string of the molecule is Fc1ccc2c(I)csc2c1. The van der Waals surface area contributed by atoms with Gasteiger partial charge in [0, 0.05) is 19.0 Å². The van der Waals surface area contributed by atoms with E-state index in [2.05, 4.69) is 22.6 Å². The number of rotatable bonds is 0. The lowest BCUT2D eigenvalue weighted by Gasteiger charge is -1.89. The normalized spacial score (nSPS) is 10.7. The molecule has 0 aliphatic heterocycles. The quantitative estimate of drug-likeness (QED) is 0.645. The summed E-state index contributed by atoms with van der Waals surface area (Å²) >= 11 is 3.83. The highest BCUT2D eigenvalue weighted by atomic mass is 127. The zero-order chi connectivity index (χ0) is 7.84. The summed E-state index contributed by atoms with van der Waals surface area (Å²) in [5.41, 5.74) is 0. The van der Waals surface area contributed by atoms with Gasteiger partial charge in [-0.15, -0.1) is 11.3 Å². The van der Waals surface area contributed by atoms with Gasteiger partial charge in [0.05, 0.1) is 0 Å². The third-order valence-corrected chi connectivity index (χ3v) is 3.75. The predicted octanol–water partition coefficient (Wildman–Crippen LogP) is 3.65. The van der Waals surface area contributed by atoms with Crippen molar-refractivity contribution < 1.29 is 4.39 Å². The van der Waals surface area contributed by atoms with Gasteiger partial charge in [-0.2, -0.15) is 0 Å². The maximum Gasteiger partial charge on any atom is 0.124 e. The van der Waals surface area contributed by atoms with Crippen LogP contribution in [0.15, 0.2) is 23.6 Å². The van der Waals surface area contributed by atoms with Crippen LogP contribution >= 0.6 is 33.9 Å². The van der Waals surface area contributed by atoms with Crippen molar-refractivity contribution in [2.24, 2.45) is 0 Å². The molecule has 56 valence electrons. The van der Waals surface area contributed by atoms with Crippen LogP contribution in [0.3, 0.4) is 0 Å². The Balaban J connectivity index is 2.86. The van der Waals surface area contributed by atoms with E-state index in [-0.39, 0.29) is 5.82 Å². The first kappa shape index (κ1) is 7.49. The van der Waals surface area contributed by atoms with Crippen LogP contribution in [-0.2, 0) is 0 Å². The highest BCUT2D eigenvalue weighted by Gasteiger charge is 2.00. The molecule has 0 N–H and O–H groups in total. The average Bonchev–Trinajstić information content (AvgIpc) is 2.32. The molecule has 0 saturated carbocycles. The van der Waals surface area contributed by atoms with Gasteiger partial charge >= 0.3 is 0 Å². The van der Waals surface area contributed by atoms with Crippen molar-refractivity contribution in [1.29, 1.82) is 0 Å². The van der Waals surface area contributed by atoms with Crippen LogP contribution < -0.4 is 0 Å². The molecule has 0 aliphatic rings. The maximum atomic E-state index is 12.7. The monoisotopic (exact) mass is 278 g/mol. The van der Waals surface area contributed by atoms with Gasteiger partial charge in [-0.05, 0) is 40.8 Å². The van der Waals surface area contributed by atoms with E-state index >= 15 is 0 Å². The van der Waals surface area contributed by atoms with E-state index in [4.69, 9.17) is 0 Å². The number of hydrogen-bond acceptors (Lipinski definition) is 1. The lowest BCUT2D eigenvalue weighted by atomic mass is 10.3. The fourth-order valence-corrected chi connectivity index (χ4v) is 2.85. The summed E-state index contributed by atoms with van der Waals surface area (Å²) in [7, 11) is 0. The molecule has 0 aliphatic carbocycles. The Morgan fingerprint density at radius 1 is 1.36 bits per heavy atom. The molecular weight excluding hydrogens is 274 g/mol. The van der Waals surface area contributed by atoms with Gasteiger partial charge in [-0.25, -0.2) is 4.39 Å².